The second-order valence-corrected chi connectivity index (χ2v) is 9.92. The zero-order chi connectivity index (χ0) is 24.5. The van der Waals surface area contributed by atoms with Crippen molar-refractivity contribution in [3.8, 4) is 0 Å². The molecular weight excluding hydrogens is 410 g/mol. The summed E-state index contributed by atoms with van der Waals surface area (Å²) in [5.41, 5.74) is 1.14. The molecular formula is C29H49NO3. The Hall–Kier alpha value is -1.84. The van der Waals surface area contributed by atoms with Gasteiger partial charge in [0.15, 0.2) is 0 Å². The van der Waals surface area contributed by atoms with Gasteiger partial charge in [0.25, 0.3) is 0 Å². The van der Waals surface area contributed by atoms with Gasteiger partial charge in [-0.15, -0.1) is 0 Å². The normalized spacial score (nSPS) is 11.4. The van der Waals surface area contributed by atoms with Crippen molar-refractivity contribution in [1.82, 2.24) is 0 Å². The van der Waals surface area contributed by atoms with E-state index in [2.05, 4.69) is 6.92 Å². The molecule has 1 aromatic rings. The first-order valence-corrected chi connectivity index (χ1v) is 13.4. The molecule has 0 atom stereocenters. The number of carbonyl (C=O) groups excluding carboxylic acids is 2. The number of benzene rings is 1. The first-order valence-electron chi connectivity index (χ1n) is 13.4. The lowest BCUT2D eigenvalue weighted by molar-refractivity contribution is -0.154. The summed E-state index contributed by atoms with van der Waals surface area (Å²) in [4.78, 5) is 25.4. The fourth-order valence-corrected chi connectivity index (χ4v) is 4.39. The van der Waals surface area contributed by atoms with Crippen molar-refractivity contribution >= 4 is 17.6 Å². The number of hydrogen-bond acceptors (Lipinski definition) is 3. The van der Waals surface area contributed by atoms with E-state index in [0.29, 0.717) is 0 Å². The smallest absolute Gasteiger partial charge is 0.303 e. The van der Waals surface area contributed by atoms with Crippen LogP contribution in [-0.4, -0.2) is 18.4 Å². The lowest BCUT2D eigenvalue weighted by Crippen LogP contribution is -2.30. The van der Waals surface area contributed by atoms with E-state index >= 15 is 0 Å². The molecule has 0 heterocycles. The van der Waals surface area contributed by atoms with Crippen LogP contribution in [0.15, 0.2) is 24.3 Å². The summed E-state index contributed by atoms with van der Waals surface area (Å²) in [6, 6.07) is 7.79. The van der Waals surface area contributed by atoms with Gasteiger partial charge in [0, 0.05) is 26.1 Å². The molecule has 4 nitrogen and oxygen atoms in total. The molecule has 0 fully saturated rings. The van der Waals surface area contributed by atoms with Gasteiger partial charge in [-0.1, -0.05) is 103 Å². The van der Waals surface area contributed by atoms with E-state index < -0.39 is 5.60 Å². The van der Waals surface area contributed by atoms with Crippen LogP contribution in [0.3, 0.4) is 0 Å². The fraction of sp³-hybridized carbons (Fsp3) is 0.724. The van der Waals surface area contributed by atoms with Crippen LogP contribution in [0.2, 0.25) is 0 Å². The molecule has 0 saturated carbocycles. The largest absolute Gasteiger partial charge is 0.455 e. The Morgan fingerprint density at radius 3 is 1.55 bits per heavy atom. The third-order valence-corrected chi connectivity index (χ3v) is 6.39. The van der Waals surface area contributed by atoms with E-state index in [1.54, 1.807) is 6.92 Å². The van der Waals surface area contributed by atoms with Crippen LogP contribution in [-0.2, 0) is 19.9 Å². The molecule has 0 aliphatic heterocycles. The zero-order valence-electron chi connectivity index (χ0n) is 22.1. The Labute approximate surface area is 203 Å². The Morgan fingerprint density at radius 1 is 0.727 bits per heavy atom. The van der Waals surface area contributed by atoms with Crippen molar-refractivity contribution in [2.24, 2.45) is 0 Å². The summed E-state index contributed by atoms with van der Waals surface area (Å²) in [6.07, 6.45) is 18.6. The Bertz CT molecular complexity index is 666. The van der Waals surface area contributed by atoms with Crippen LogP contribution >= 0.6 is 0 Å². The summed E-state index contributed by atoms with van der Waals surface area (Å²) in [7, 11) is 0. The Kier molecular flexibility index (Phi) is 14.8. The van der Waals surface area contributed by atoms with Crippen LogP contribution in [0.1, 0.15) is 130 Å². The minimum absolute atomic E-state index is 0.0664. The van der Waals surface area contributed by atoms with Gasteiger partial charge in [0.1, 0.15) is 5.60 Å². The second kappa shape index (κ2) is 16.7. The molecule has 0 unspecified atom stereocenters. The van der Waals surface area contributed by atoms with Gasteiger partial charge in [-0.25, -0.2) is 0 Å². The van der Waals surface area contributed by atoms with Gasteiger partial charge in [-0.05, 0) is 38.0 Å². The van der Waals surface area contributed by atoms with Crippen molar-refractivity contribution in [2.75, 3.05) is 11.4 Å². The second-order valence-electron chi connectivity index (χ2n) is 9.92. The van der Waals surface area contributed by atoms with E-state index in [1.807, 2.05) is 43.0 Å². The summed E-state index contributed by atoms with van der Waals surface area (Å²) in [6.45, 7) is 9.82. The molecule has 4 heteroatoms. The minimum atomic E-state index is -0.681. The summed E-state index contributed by atoms with van der Waals surface area (Å²) in [5.74, 6) is -0.232. The predicted molar refractivity (Wildman–Crippen MR) is 140 cm³/mol. The van der Waals surface area contributed by atoms with E-state index in [9.17, 15) is 9.59 Å². The lowest BCUT2D eigenvalue weighted by Gasteiger charge is -2.26. The number of rotatable bonds is 18. The zero-order valence-corrected chi connectivity index (χ0v) is 22.1. The van der Waals surface area contributed by atoms with Crippen molar-refractivity contribution < 1.29 is 14.3 Å². The number of unbranched alkanes of at least 4 members (excludes halogenated alkanes) is 13. The molecule has 0 radical (unpaired) electrons. The third kappa shape index (κ3) is 12.8. The summed E-state index contributed by atoms with van der Waals surface area (Å²) >= 11 is 0. The van der Waals surface area contributed by atoms with Crippen LogP contribution in [0.4, 0.5) is 5.69 Å². The van der Waals surface area contributed by atoms with E-state index in [1.165, 1.54) is 90.4 Å². The molecule has 1 amide bonds. The molecule has 188 valence electrons. The van der Waals surface area contributed by atoms with Gasteiger partial charge in [-0.3, -0.25) is 9.59 Å². The molecule has 0 aromatic heterocycles. The predicted octanol–water partition coefficient (Wildman–Crippen LogP) is 8.32. The maximum atomic E-state index is 12.2. The quantitative estimate of drug-likeness (QED) is 0.164. The average Bonchev–Trinajstić information content (AvgIpc) is 2.75. The van der Waals surface area contributed by atoms with E-state index in [0.717, 1.165) is 24.2 Å². The molecule has 33 heavy (non-hydrogen) atoms. The minimum Gasteiger partial charge on any atom is -0.455 e. The summed E-state index contributed by atoms with van der Waals surface area (Å²) in [5, 5.41) is 0. The molecule has 0 spiro atoms. The van der Waals surface area contributed by atoms with Gasteiger partial charge >= 0.3 is 5.97 Å². The molecule has 1 rings (SSSR count). The van der Waals surface area contributed by atoms with Crippen LogP contribution in [0.5, 0.6) is 0 Å². The van der Waals surface area contributed by atoms with Gasteiger partial charge < -0.3 is 9.64 Å². The highest BCUT2D eigenvalue weighted by Gasteiger charge is 2.24. The first kappa shape index (κ1) is 29.2. The molecule has 0 N–H and O–H groups in total. The fourth-order valence-electron chi connectivity index (χ4n) is 4.39. The van der Waals surface area contributed by atoms with Crippen molar-refractivity contribution in [3.05, 3.63) is 29.8 Å². The Morgan fingerprint density at radius 2 is 1.15 bits per heavy atom. The number of carbonyl (C=O) groups is 2. The Balaban J connectivity index is 2.23. The number of ether oxygens (including phenoxy) is 1. The maximum absolute atomic E-state index is 12.2. The number of nitrogens with zero attached hydrogens (tertiary/aromatic N) is 1. The van der Waals surface area contributed by atoms with E-state index in [-0.39, 0.29) is 11.9 Å². The van der Waals surface area contributed by atoms with Crippen LogP contribution in [0, 0.1) is 0 Å². The number of hydrogen-bond donors (Lipinski definition) is 0. The topological polar surface area (TPSA) is 46.6 Å². The number of amides is 1. The highest BCUT2D eigenvalue weighted by molar-refractivity contribution is 5.91. The SMILES string of the molecule is CCCCCCCCCCCCCCCCN(C(C)=O)c1ccc(C(C)(C)OC(C)=O)cc1. The van der Waals surface area contributed by atoms with Gasteiger partial charge in [0.05, 0.1) is 0 Å². The van der Waals surface area contributed by atoms with Crippen molar-refractivity contribution in [1.29, 1.82) is 0 Å². The van der Waals surface area contributed by atoms with Crippen LogP contribution in [0.25, 0.3) is 0 Å². The maximum Gasteiger partial charge on any atom is 0.303 e. The number of esters is 1. The standard InChI is InChI=1S/C29H49NO3/c1-6-7-8-9-10-11-12-13-14-15-16-17-18-19-24-30(25(2)31)28-22-20-27(21-23-28)29(4,5)33-26(3)32/h20-23H,6-19,24H2,1-5H3. The average molecular weight is 460 g/mol. The number of anilines is 1. The molecule has 0 aliphatic carbocycles. The highest BCUT2D eigenvalue weighted by atomic mass is 16.6. The van der Waals surface area contributed by atoms with Crippen LogP contribution < -0.4 is 4.90 Å². The molecule has 0 aliphatic rings. The molecule has 0 saturated heterocycles. The van der Waals surface area contributed by atoms with Crippen molar-refractivity contribution in [3.63, 3.8) is 0 Å². The first-order chi connectivity index (χ1) is 15.8. The van der Waals surface area contributed by atoms with E-state index in [4.69, 9.17) is 4.74 Å². The molecule has 0 bridgehead atoms. The molecule has 1 aromatic carbocycles. The van der Waals surface area contributed by atoms with Crippen molar-refractivity contribution in [2.45, 2.75) is 130 Å². The third-order valence-electron chi connectivity index (χ3n) is 6.39. The lowest BCUT2D eigenvalue weighted by atomic mass is 9.97. The monoisotopic (exact) mass is 459 g/mol. The summed E-state index contributed by atoms with van der Waals surface area (Å²) < 4.78 is 5.41. The van der Waals surface area contributed by atoms with Gasteiger partial charge in [0.2, 0.25) is 5.91 Å². The van der Waals surface area contributed by atoms with Gasteiger partial charge in [-0.2, -0.15) is 0 Å². The highest BCUT2D eigenvalue weighted by Crippen LogP contribution is 2.27.